The molecule has 1 heterocycles. The third-order valence-corrected chi connectivity index (χ3v) is 4.68. The maximum atomic E-state index is 12.2. The fraction of sp³-hybridized carbons (Fsp3) is 0.125. The zero-order valence-corrected chi connectivity index (χ0v) is 13.2. The van der Waals surface area contributed by atoms with Crippen LogP contribution >= 0.6 is 0 Å². The van der Waals surface area contributed by atoms with Crippen LogP contribution in [0.3, 0.4) is 0 Å². The molecule has 0 fully saturated rings. The first-order chi connectivity index (χ1) is 10.9. The molecule has 3 aromatic rings. The van der Waals surface area contributed by atoms with E-state index in [9.17, 15) is 18.5 Å². The SMILES string of the molecule is CS(=O)(=O)n1c(Cc2ccccc2)cc2cc([N+](=O)[O-])ccc21. The average molecular weight is 330 g/mol. The van der Waals surface area contributed by atoms with Crippen molar-refractivity contribution in [1.82, 2.24) is 3.97 Å². The third kappa shape index (κ3) is 2.95. The first-order valence-electron chi connectivity index (χ1n) is 6.89. The summed E-state index contributed by atoms with van der Waals surface area (Å²) >= 11 is 0. The summed E-state index contributed by atoms with van der Waals surface area (Å²) in [5.74, 6) is 0. The highest BCUT2D eigenvalue weighted by Crippen LogP contribution is 2.27. The first kappa shape index (κ1) is 15.2. The highest BCUT2D eigenvalue weighted by molar-refractivity contribution is 7.89. The number of aromatic nitrogens is 1. The predicted octanol–water partition coefficient (Wildman–Crippen LogP) is 2.95. The average Bonchev–Trinajstić information content (AvgIpc) is 2.84. The molecule has 7 heteroatoms. The maximum Gasteiger partial charge on any atom is 0.270 e. The van der Waals surface area contributed by atoms with E-state index in [0.717, 1.165) is 11.8 Å². The van der Waals surface area contributed by atoms with E-state index in [4.69, 9.17) is 0 Å². The van der Waals surface area contributed by atoms with Crippen molar-refractivity contribution in [2.45, 2.75) is 6.42 Å². The zero-order chi connectivity index (χ0) is 16.6. The third-order valence-electron chi connectivity index (χ3n) is 3.58. The van der Waals surface area contributed by atoms with Gasteiger partial charge in [-0.15, -0.1) is 0 Å². The van der Waals surface area contributed by atoms with Crippen LogP contribution in [-0.2, 0) is 16.4 Å². The standard InChI is InChI=1S/C16H14N2O4S/c1-23(21,22)17-15(9-12-5-3-2-4-6-12)11-13-10-14(18(19)20)7-8-16(13)17/h2-8,10-11H,9H2,1H3. The van der Waals surface area contributed by atoms with Gasteiger partial charge in [-0.1, -0.05) is 30.3 Å². The molecular weight excluding hydrogens is 316 g/mol. The van der Waals surface area contributed by atoms with Gasteiger partial charge in [0.25, 0.3) is 5.69 Å². The Morgan fingerprint density at radius 1 is 1.09 bits per heavy atom. The van der Waals surface area contributed by atoms with Gasteiger partial charge in [-0.2, -0.15) is 0 Å². The number of hydrogen-bond donors (Lipinski definition) is 0. The normalized spacial score (nSPS) is 11.7. The largest absolute Gasteiger partial charge is 0.270 e. The Hall–Kier alpha value is -2.67. The van der Waals surface area contributed by atoms with Crippen molar-refractivity contribution < 1.29 is 13.3 Å². The molecule has 0 N–H and O–H groups in total. The van der Waals surface area contributed by atoms with Gasteiger partial charge in [-0.05, 0) is 17.7 Å². The Kier molecular flexibility index (Phi) is 3.65. The van der Waals surface area contributed by atoms with Crippen molar-refractivity contribution in [1.29, 1.82) is 0 Å². The highest BCUT2D eigenvalue weighted by atomic mass is 32.2. The van der Waals surface area contributed by atoms with Crippen molar-refractivity contribution in [3.8, 4) is 0 Å². The molecule has 0 aliphatic carbocycles. The number of rotatable bonds is 4. The van der Waals surface area contributed by atoms with Crippen LogP contribution < -0.4 is 0 Å². The van der Waals surface area contributed by atoms with Gasteiger partial charge < -0.3 is 0 Å². The number of nitro benzene ring substituents is 1. The molecule has 3 rings (SSSR count). The van der Waals surface area contributed by atoms with Crippen LogP contribution in [0.5, 0.6) is 0 Å². The van der Waals surface area contributed by atoms with Gasteiger partial charge in [-0.25, -0.2) is 12.4 Å². The van der Waals surface area contributed by atoms with Crippen LogP contribution in [0.25, 0.3) is 10.9 Å². The van der Waals surface area contributed by atoms with E-state index in [-0.39, 0.29) is 5.69 Å². The molecule has 0 saturated carbocycles. The van der Waals surface area contributed by atoms with Crippen LogP contribution in [0.1, 0.15) is 11.3 Å². The quantitative estimate of drug-likeness (QED) is 0.544. The van der Waals surface area contributed by atoms with E-state index in [1.165, 1.54) is 22.2 Å². The van der Waals surface area contributed by atoms with Crippen molar-refractivity contribution >= 4 is 26.6 Å². The summed E-state index contributed by atoms with van der Waals surface area (Å²) in [5.41, 5.74) is 1.93. The van der Waals surface area contributed by atoms with Crippen LogP contribution in [0.2, 0.25) is 0 Å². The number of non-ortho nitro benzene ring substituents is 1. The number of nitro groups is 1. The van der Waals surface area contributed by atoms with Crippen LogP contribution in [0, 0.1) is 10.1 Å². The van der Waals surface area contributed by atoms with Crippen LogP contribution in [-0.4, -0.2) is 23.6 Å². The first-order valence-corrected chi connectivity index (χ1v) is 8.74. The maximum absolute atomic E-state index is 12.2. The summed E-state index contributed by atoms with van der Waals surface area (Å²) in [6, 6.07) is 15.3. The van der Waals surface area contributed by atoms with Gasteiger partial charge in [0, 0.05) is 29.6 Å². The predicted molar refractivity (Wildman–Crippen MR) is 88.1 cm³/mol. The number of fused-ring (bicyclic) bond motifs is 1. The van der Waals surface area contributed by atoms with E-state index in [1.54, 1.807) is 6.07 Å². The molecule has 0 spiro atoms. The van der Waals surface area contributed by atoms with Crippen LogP contribution in [0.15, 0.2) is 54.6 Å². The summed E-state index contributed by atoms with van der Waals surface area (Å²) in [4.78, 5) is 10.4. The summed E-state index contributed by atoms with van der Waals surface area (Å²) in [6.07, 6.45) is 1.55. The monoisotopic (exact) mass is 330 g/mol. The Morgan fingerprint density at radius 3 is 2.39 bits per heavy atom. The molecule has 2 aromatic carbocycles. The van der Waals surface area contributed by atoms with Crippen molar-refractivity contribution in [3.05, 3.63) is 76.0 Å². The van der Waals surface area contributed by atoms with Crippen LogP contribution in [0.4, 0.5) is 5.69 Å². The fourth-order valence-electron chi connectivity index (χ4n) is 2.67. The molecule has 118 valence electrons. The van der Waals surface area contributed by atoms with Gasteiger partial charge in [0.1, 0.15) is 0 Å². The molecule has 0 atom stereocenters. The van der Waals surface area contributed by atoms with Gasteiger partial charge in [0.2, 0.25) is 10.0 Å². The fourth-order valence-corrected chi connectivity index (χ4v) is 3.74. The van der Waals surface area contributed by atoms with Gasteiger partial charge in [-0.3, -0.25) is 10.1 Å². The minimum absolute atomic E-state index is 0.0607. The van der Waals surface area contributed by atoms with E-state index < -0.39 is 14.9 Å². The lowest BCUT2D eigenvalue weighted by Crippen LogP contribution is -2.13. The Balaban J connectivity index is 2.21. The number of benzene rings is 2. The minimum atomic E-state index is -3.52. The molecule has 0 saturated heterocycles. The van der Waals surface area contributed by atoms with E-state index in [2.05, 4.69) is 0 Å². The molecule has 0 aliphatic heterocycles. The Bertz CT molecular complexity index is 992. The second-order valence-electron chi connectivity index (χ2n) is 5.33. The lowest BCUT2D eigenvalue weighted by Gasteiger charge is -2.08. The second kappa shape index (κ2) is 5.51. The number of nitrogens with zero attached hydrogens (tertiary/aromatic N) is 2. The zero-order valence-electron chi connectivity index (χ0n) is 12.3. The minimum Gasteiger partial charge on any atom is -0.258 e. The Labute approximate surface area is 133 Å². The van der Waals surface area contributed by atoms with E-state index in [1.807, 2.05) is 30.3 Å². The lowest BCUT2D eigenvalue weighted by atomic mass is 10.1. The molecule has 6 nitrogen and oxygen atoms in total. The lowest BCUT2D eigenvalue weighted by molar-refractivity contribution is -0.384. The molecule has 0 aliphatic rings. The highest BCUT2D eigenvalue weighted by Gasteiger charge is 2.18. The molecule has 23 heavy (non-hydrogen) atoms. The van der Waals surface area contributed by atoms with Crippen molar-refractivity contribution in [3.63, 3.8) is 0 Å². The summed E-state index contributed by atoms with van der Waals surface area (Å²) in [5, 5.41) is 11.4. The van der Waals surface area contributed by atoms with Gasteiger partial charge in [0.15, 0.2) is 0 Å². The molecule has 1 aromatic heterocycles. The second-order valence-corrected chi connectivity index (χ2v) is 7.16. The summed E-state index contributed by atoms with van der Waals surface area (Å²) < 4.78 is 25.6. The van der Waals surface area contributed by atoms with Crippen molar-refractivity contribution in [2.24, 2.45) is 0 Å². The molecule has 0 amide bonds. The van der Waals surface area contributed by atoms with Gasteiger partial charge in [0.05, 0.1) is 16.7 Å². The molecule has 0 unspecified atom stereocenters. The van der Waals surface area contributed by atoms with E-state index in [0.29, 0.717) is 23.0 Å². The van der Waals surface area contributed by atoms with E-state index >= 15 is 0 Å². The summed E-state index contributed by atoms with van der Waals surface area (Å²) in [6.45, 7) is 0. The molecular formula is C16H14N2O4S. The topological polar surface area (TPSA) is 82.2 Å². The molecule has 0 radical (unpaired) electrons. The summed E-state index contributed by atoms with van der Waals surface area (Å²) in [7, 11) is -3.52. The smallest absolute Gasteiger partial charge is 0.258 e. The Morgan fingerprint density at radius 2 is 1.78 bits per heavy atom. The van der Waals surface area contributed by atoms with Crippen molar-refractivity contribution in [2.75, 3.05) is 6.26 Å². The number of hydrogen-bond acceptors (Lipinski definition) is 4. The van der Waals surface area contributed by atoms with Gasteiger partial charge >= 0.3 is 0 Å². The molecule has 0 bridgehead atoms.